The molecule has 0 bridgehead atoms. The predicted molar refractivity (Wildman–Crippen MR) is 70.8 cm³/mol. The van der Waals surface area contributed by atoms with Gasteiger partial charge in [0.05, 0.1) is 6.61 Å². The smallest absolute Gasteiger partial charge is 0.344 e. The molecule has 0 aliphatic rings. The third kappa shape index (κ3) is 4.77. The first-order valence-electron chi connectivity index (χ1n) is 5.61. The normalized spacial score (nSPS) is 10.1. The second-order valence-corrected chi connectivity index (χ2v) is 4.43. The highest BCUT2D eigenvalue weighted by Gasteiger charge is 2.05. The van der Waals surface area contributed by atoms with Crippen LogP contribution in [0.1, 0.15) is 18.1 Å². The minimum Gasteiger partial charge on any atom is -0.482 e. The quantitative estimate of drug-likeness (QED) is 0.599. The van der Waals surface area contributed by atoms with Crippen molar-refractivity contribution in [1.82, 2.24) is 0 Å². The molecule has 1 rings (SSSR count). The molecular formula is C13H17BrO3. The molecule has 3 nitrogen and oxygen atoms in total. The van der Waals surface area contributed by atoms with Gasteiger partial charge in [0, 0.05) is 5.33 Å². The number of carbonyl (C=O) groups is 1. The molecule has 0 amide bonds. The van der Waals surface area contributed by atoms with Gasteiger partial charge < -0.3 is 9.47 Å². The van der Waals surface area contributed by atoms with E-state index in [1.165, 1.54) is 5.56 Å². The topological polar surface area (TPSA) is 35.5 Å². The molecule has 0 aliphatic heterocycles. The number of hydrogen-bond donors (Lipinski definition) is 0. The van der Waals surface area contributed by atoms with Crippen LogP contribution in [0.25, 0.3) is 0 Å². The molecule has 0 atom stereocenters. The number of alkyl halides is 1. The summed E-state index contributed by atoms with van der Waals surface area (Å²) in [6.45, 7) is 4.09. The summed E-state index contributed by atoms with van der Waals surface area (Å²) < 4.78 is 10.2. The lowest BCUT2D eigenvalue weighted by Crippen LogP contribution is -2.15. The maximum atomic E-state index is 11.1. The summed E-state index contributed by atoms with van der Waals surface area (Å²) in [5.74, 6) is 0.396. The summed E-state index contributed by atoms with van der Waals surface area (Å²) in [5, 5.41) is 0.940. The highest BCUT2D eigenvalue weighted by Crippen LogP contribution is 2.19. The van der Waals surface area contributed by atoms with Gasteiger partial charge in [-0.05, 0) is 37.5 Å². The van der Waals surface area contributed by atoms with Crippen molar-refractivity contribution in [3.63, 3.8) is 0 Å². The van der Waals surface area contributed by atoms with E-state index >= 15 is 0 Å². The second-order valence-electron chi connectivity index (χ2n) is 3.63. The Morgan fingerprint density at radius 1 is 1.41 bits per heavy atom. The molecule has 94 valence electrons. The molecule has 0 heterocycles. The summed E-state index contributed by atoms with van der Waals surface area (Å²) in [6, 6.07) is 5.98. The van der Waals surface area contributed by atoms with Gasteiger partial charge >= 0.3 is 5.97 Å². The fraction of sp³-hybridized carbons (Fsp3) is 0.462. The van der Waals surface area contributed by atoms with Gasteiger partial charge in [-0.3, -0.25) is 0 Å². The van der Waals surface area contributed by atoms with E-state index < -0.39 is 0 Å². The Kier molecular flexibility index (Phi) is 6.05. The zero-order chi connectivity index (χ0) is 12.7. The molecule has 17 heavy (non-hydrogen) atoms. The number of esters is 1. The molecule has 0 radical (unpaired) electrons. The highest BCUT2D eigenvalue weighted by molar-refractivity contribution is 9.09. The Balaban J connectivity index is 2.57. The Morgan fingerprint density at radius 2 is 2.18 bits per heavy atom. The molecule has 1 aromatic carbocycles. The molecule has 4 heteroatoms. The Morgan fingerprint density at radius 3 is 2.76 bits per heavy atom. The van der Waals surface area contributed by atoms with E-state index in [1.807, 2.05) is 19.1 Å². The van der Waals surface area contributed by atoms with Crippen LogP contribution in [-0.2, 0) is 16.0 Å². The molecule has 0 saturated heterocycles. The fourth-order valence-corrected chi connectivity index (χ4v) is 1.94. The first-order valence-corrected chi connectivity index (χ1v) is 6.73. The van der Waals surface area contributed by atoms with Gasteiger partial charge in [0.25, 0.3) is 0 Å². The predicted octanol–water partition coefficient (Wildman–Crippen LogP) is 2.87. The Bertz CT molecular complexity index is 377. The van der Waals surface area contributed by atoms with Crippen LogP contribution in [0.15, 0.2) is 18.2 Å². The van der Waals surface area contributed by atoms with Crippen molar-refractivity contribution in [2.24, 2.45) is 0 Å². The number of carbonyl (C=O) groups excluding carboxylic acids is 1. The number of benzene rings is 1. The third-order valence-corrected chi connectivity index (χ3v) is 2.67. The first-order chi connectivity index (χ1) is 8.17. The van der Waals surface area contributed by atoms with Crippen molar-refractivity contribution >= 4 is 21.9 Å². The van der Waals surface area contributed by atoms with Crippen LogP contribution in [0.5, 0.6) is 5.75 Å². The molecule has 0 saturated carbocycles. The Hall–Kier alpha value is -1.03. The number of rotatable bonds is 6. The zero-order valence-corrected chi connectivity index (χ0v) is 11.7. The van der Waals surface area contributed by atoms with Crippen LogP contribution >= 0.6 is 15.9 Å². The molecule has 0 spiro atoms. The van der Waals surface area contributed by atoms with Crippen LogP contribution in [0, 0.1) is 6.92 Å². The van der Waals surface area contributed by atoms with Gasteiger partial charge in [0.15, 0.2) is 6.61 Å². The van der Waals surface area contributed by atoms with E-state index in [1.54, 1.807) is 6.92 Å². The maximum Gasteiger partial charge on any atom is 0.344 e. The van der Waals surface area contributed by atoms with E-state index in [0.717, 1.165) is 23.1 Å². The van der Waals surface area contributed by atoms with E-state index in [0.29, 0.717) is 6.61 Å². The van der Waals surface area contributed by atoms with Crippen LogP contribution in [-0.4, -0.2) is 24.5 Å². The van der Waals surface area contributed by atoms with Gasteiger partial charge in [-0.25, -0.2) is 4.79 Å². The summed E-state index contributed by atoms with van der Waals surface area (Å²) in [7, 11) is 0. The Labute approximate surface area is 110 Å². The zero-order valence-electron chi connectivity index (χ0n) is 10.2. The van der Waals surface area contributed by atoms with Crippen LogP contribution in [0.3, 0.4) is 0 Å². The summed E-state index contributed by atoms with van der Waals surface area (Å²) >= 11 is 3.40. The molecule has 0 unspecified atom stereocenters. The maximum absolute atomic E-state index is 11.1. The fourth-order valence-electron chi connectivity index (χ4n) is 1.48. The number of hydrogen-bond acceptors (Lipinski definition) is 3. The molecular weight excluding hydrogens is 284 g/mol. The van der Waals surface area contributed by atoms with Gasteiger partial charge in [0.1, 0.15) is 5.75 Å². The van der Waals surface area contributed by atoms with E-state index in [4.69, 9.17) is 9.47 Å². The minimum absolute atomic E-state index is 0.0352. The molecule has 0 aliphatic carbocycles. The van der Waals surface area contributed by atoms with Crippen molar-refractivity contribution in [1.29, 1.82) is 0 Å². The van der Waals surface area contributed by atoms with Crippen molar-refractivity contribution in [3.8, 4) is 5.75 Å². The third-order valence-electron chi connectivity index (χ3n) is 2.27. The summed E-state index contributed by atoms with van der Waals surface area (Å²) in [6.07, 6.45) is 0.985. The van der Waals surface area contributed by atoms with E-state index in [2.05, 4.69) is 22.0 Å². The average Bonchev–Trinajstić information content (AvgIpc) is 2.29. The number of halogens is 1. The lowest BCUT2D eigenvalue weighted by Gasteiger charge is -2.09. The standard InChI is InChI=1S/C13H17BrO3/c1-3-16-13(15)9-17-12-5-4-11(6-7-14)8-10(12)2/h4-5,8H,3,6-7,9H2,1-2H3. The molecule has 0 fully saturated rings. The van der Waals surface area contributed by atoms with Crippen molar-refractivity contribution in [2.45, 2.75) is 20.3 Å². The number of ether oxygens (including phenoxy) is 2. The SMILES string of the molecule is CCOC(=O)COc1ccc(CCBr)cc1C. The molecule has 1 aromatic rings. The summed E-state index contributed by atoms with van der Waals surface area (Å²) in [5.41, 5.74) is 2.29. The average molecular weight is 301 g/mol. The van der Waals surface area contributed by atoms with Crippen molar-refractivity contribution in [3.05, 3.63) is 29.3 Å². The van der Waals surface area contributed by atoms with E-state index in [9.17, 15) is 4.79 Å². The van der Waals surface area contributed by atoms with Crippen LogP contribution < -0.4 is 4.74 Å². The lowest BCUT2D eigenvalue weighted by molar-refractivity contribution is -0.145. The molecule has 0 N–H and O–H groups in total. The largest absolute Gasteiger partial charge is 0.482 e. The number of aryl methyl sites for hydroxylation is 2. The van der Waals surface area contributed by atoms with Crippen molar-refractivity contribution < 1.29 is 14.3 Å². The molecule has 0 aromatic heterocycles. The monoisotopic (exact) mass is 300 g/mol. The van der Waals surface area contributed by atoms with Gasteiger partial charge in [-0.15, -0.1) is 0 Å². The van der Waals surface area contributed by atoms with Crippen LogP contribution in [0.4, 0.5) is 0 Å². The highest BCUT2D eigenvalue weighted by atomic mass is 79.9. The van der Waals surface area contributed by atoms with Crippen molar-refractivity contribution in [2.75, 3.05) is 18.5 Å². The summed E-state index contributed by atoms with van der Waals surface area (Å²) in [4.78, 5) is 11.1. The van der Waals surface area contributed by atoms with Gasteiger partial charge in [-0.1, -0.05) is 28.1 Å². The van der Waals surface area contributed by atoms with Gasteiger partial charge in [0.2, 0.25) is 0 Å². The lowest BCUT2D eigenvalue weighted by atomic mass is 10.1. The van der Waals surface area contributed by atoms with Gasteiger partial charge in [-0.2, -0.15) is 0 Å². The van der Waals surface area contributed by atoms with Crippen LogP contribution in [0.2, 0.25) is 0 Å². The first kappa shape index (κ1) is 14.0. The van der Waals surface area contributed by atoms with E-state index in [-0.39, 0.29) is 12.6 Å². The minimum atomic E-state index is -0.337. The second kappa shape index (κ2) is 7.33.